The largest absolute Gasteiger partial charge is 0.481 e. The van der Waals surface area contributed by atoms with Crippen LogP contribution in [0.2, 0.25) is 0 Å². The molecule has 1 rings (SSSR count). The van der Waals surface area contributed by atoms with E-state index in [4.69, 9.17) is 5.11 Å². The summed E-state index contributed by atoms with van der Waals surface area (Å²) in [6, 6.07) is 9.06. The highest BCUT2D eigenvalue weighted by molar-refractivity contribution is 5.79. The maximum Gasteiger partial charge on any atom is 0.313 e. The van der Waals surface area contributed by atoms with E-state index in [0.29, 0.717) is 0 Å². The molecule has 4 nitrogen and oxygen atoms in total. The normalized spacial score (nSPS) is 11.8. The number of esters is 1. The van der Waals surface area contributed by atoms with Gasteiger partial charge in [0.2, 0.25) is 0 Å². The van der Waals surface area contributed by atoms with Crippen LogP contribution in [0, 0.1) is 0 Å². The Hall–Kier alpha value is -1.84. The van der Waals surface area contributed by atoms with Crippen molar-refractivity contribution in [1.29, 1.82) is 0 Å². The van der Waals surface area contributed by atoms with Gasteiger partial charge in [-0.3, -0.25) is 9.59 Å². The van der Waals surface area contributed by atoms with E-state index >= 15 is 0 Å². The van der Waals surface area contributed by atoms with E-state index in [2.05, 4.69) is 4.74 Å². The highest BCUT2D eigenvalue weighted by atomic mass is 16.5. The van der Waals surface area contributed by atoms with Gasteiger partial charge in [0.1, 0.15) is 0 Å². The highest BCUT2D eigenvalue weighted by Gasteiger charge is 2.21. The topological polar surface area (TPSA) is 63.6 Å². The minimum atomic E-state index is -0.912. The predicted molar refractivity (Wildman–Crippen MR) is 58.1 cm³/mol. The molecule has 1 N–H and O–H groups in total. The van der Waals surface area contributed by atoms with Crippen molar-refractivity contribution in [1.82, 2.24) is 0 Å². The van der Waals surface area contributed by atoms with Crippen LogP contribution in [-0.4, -0.2) is 24.2 Å². The van der Waals surface area contributed by atoms with Gasteiger partial charge in [0.25, 0.3) is 0 Å². The molecule has 0 heterocycles. The molecule has 0 aliphatic rings. The summed E-state index contributed by atoms with van der Waals surface area (Å²) in [5.41, 5.74) is 0.788. The second-order valence-electron chi connectivity index (χ2n) is 3.42. The molecule has 1 aromatic carbocycles. The summed E-state index contributed by atoms with van der Waals surface area (Å²) in [4.78, 5) is 22.0. The van der Waals surface area contributed by atoms with E-state index in [0.717, 1.165) is 5.56 Å². The van der Waals surface area contributed by atoms with Crippen molar-refractivity contribution < 1.29 is 19.4 Å². The summed E-state index contributed by atoms with van der Waals surface area (Å²) >= 11 is 0. The summed E-state index contributed by atoms with van der Waals surface area (Å²) < 4.78 is 4.67. The van der Waals surface area contributed by atoms with Gasteiger partial charge in [-0.25, -0.2) is 0 Å². The first kappa shape index (κ1) is 12.2. The fourth-order valence-electron chi connectivity index (χ4n) is 1.52. The first-order valence-corrected chi connectivity index (χ1v) is 4.99. The van der Waals surface area contributed by atoms with Crippen molar-refractivity contribution in [3.05, 3.63) is 35.9 Å². The van der Waals surface area contributed by atoms with Gasteiger partial charge in [-0.15, -0.1) is 0 Å². The number of carboxylic acids is 1. The number of ether oxygens (including phenoxy) is 1. The van der Waals surface area contributed by atoms with E-state index in [1.807, 2.05) is 18.2 Å². The molecule has 0 saturated heterocycles. The summed E-state index contributed by atoms with van der Waals surface area (Å²) in [5.74, 6) is -1.81. The average Bonchev–Trinajstić information content (AvgIpc) is 2.30. The lowest BCUT2D eigenvalue weighted by Crippen LogP contribution is -2.15. The number of hydrogen-bond acceptors (Lipinski definition) is 3. The first-order chi connectivity index (χ1) is 7.65. The fourth-order valence-corrected chi connectivity index (χ4v) is 1.52. The van der Waals surface area contributed by atoms with Crippen LogP contribution in [0.3, 0.4) is 0 Å². The van der Waals surface area contributed by atoms with Crippen molar-refractivity contribution in [2.24, 2.45) is 0 Å². The lowest BCUT2D eigenvalue weighted by atomic mass is 9.94. The Morgan fingerprint density at radius 1 is 1.31 bits per heavy atom. The number of benzene rings is 1. The monoisotopic (exact) mass is 222 g/mol. The van der Waals surface area contributed by atoms with E-state index < -0.39 is 17.9 Å². The van der Waals surface area contributed by atoms with Gasteiger partial charge in [0.05, 0.1) is 13.0 Å². The first-order valence-electron chi connectivity index (χ1n) is 4.99. The van der Waals surface area contributed by atoms with Crippen LogP contribution >= 0.6 is 0 Å². The van der Waals surface area contributed by atoms with Crippen LogP contribution in [0.1, 0.15) is 24.3 Å². The molecule has 4 heteroatoms. The van der Waals surface area contributed by atoms with Crippen molar-refractivity contribution in [3.8, 4) is 0 Å². The lowest BCUT2D eigenvalue weighted by Gasteiger charge is -2.13. The second kappa shape index (κ2) is 5.90. The molecule has 16 heavy (non-hydrogen) atoms. The van der Waals surface area contributed by atoms with Crippen molar-refractivity contribution in [3.63, 3.8) is 0 Å². The molecule has 0 saturated carbocycles. The van der Waals surface area contributed by atoms with Gasteiger partial charge < -0.3 is 9.84 Å². The van der Waals surface area contributed by atoms with Gasteiger partial charge in [-0.05, 0) is 12.0 Å². The van der Waals surface area contributed by atoms with Gasteiger partial charge in [-0.1, -0.05) is 30.3 Å². The second-order valence-corrected chi connectivity index (χ2v) is 3.42. The number of hydrogen-bond donors (Lipinski definition) is 1. The Bertz CT molecular complexity index is 359. The van der Waals surface area contributed by atoms with Crippen LogP contribution in [0.5, 0.6) is 0 Å². The fraction of sp³-hybridized carbons (Fsp3) is 0.333. The van der Waals surface area contributed by atoms with Gasteiger partial charge in [0.15, 0.2) is 0 Å². The van der Waals surface area contributed by atoms with Crippen LogP contribution in [0.4, 0.5) is 0 Å². The molecule has 86 valence electrons. The van der Waals surface area contributed by atoms with Crippen molar-refractivity contribution in [2.45, 2.75) is 18.8 Å². The Morgan fingerprint density at radius 3 is 2.44 bits per heavy atom. The van der Waals surface area contributed by atoms with E-state index in [1.54, 1.807) is 12.1 Å². The van der Waals surface area contributed by atoms with Crippen molar-refractivity contribution >= 4 is 11.9 Å². The molecule has 0 radical (unpaired) electrons. The Morgan fingerprint density at radius 2 is 1.94 bits per heavy atom. The number of aliphatic carboxylic acids is 1. The zero-order valence-corrected chi connectivity index (χ0v) is 9.05. The molecule has 0 aliphatic heterocycles. The third-order valence-corrected chi connectivity index (χ3v) is 2.33. The SMILES string of the molecule is COC(=O)C(CCC(=O)O)c1ccccc1. The molecule has 1 atom stereocenters. The Balaban J connectivity index is 2.79. The van der Waals surface area contributed by atoms with E-state index in [-0.39, 0.29) is 12.8 Å². The van der Waals surface area contributed by atoms with Crippen LogP contribution < -0.4 is 0 Å². The number of carbonyl (C=O) groups excluding carboxylic acids is 1. The zero-order valence-electron chi connectivity index (χ0n) is 9.05. The van der Waals surface area contributed by atoms with Gasteiger partial charge in [-0.2, -0.15) is 0 Å². The van der Waals surface area contributed by atoms with Gasteiger partial charge in [0, 0.05) is 6.42 Å². The molecular weight excluding hydrogens is 208 g/mol. The summed E-state index contributed by atoms with van der Waals surface area (Å²) in [6.07, 6.45) is 0.209. The smallest absolute Gasteiger partial charge is 0.313 e. The van der Waals surface area contributed by atoms with Crippen molar-refractivity contribution in [2.75, 3.05) is 7.11 Å². The Kier molecular flexibility index (Phi) is 4.51. The van der Waals surface area contributed by atoms with Crippen LogP contribution in [0.15, 0.2) is 30.3 Å². The quantitative estimate of drug-likeness (QED) is 0.772. The lowest BCUT2D eigenvalue weighted by molar-refractivity contribution is -0.143. The molecule has 0 aromatic heterocycles. The number of carboxylic acid groups (broad SMARTS) is 1. The molecule has 1 unspecified atom stereocenters. The summed E-state index contributed by atoms with van der Waals surface area (Å²) in [5, 5.41) is 8.61. The molecular formula is C12H14O4. The number of methoxy groups -OCH3 is 1. The standard InChI is InChI=1S/C12H14O4/c1-16-12(15)10(7-8-11(13)14)9-5-3-2-4-6-9/h2-6,10H,7-8H2,1H3,(H,13,14). The molecule has 1 aromatic rings. The highest BCUT2D eigenvalue weighted by Crippen LogP contribution is 2.22. The summed E-state index contributed by atoms with van der Waals surface area (Å²) in [7, 11) is 1.30. The zero-order chi connectivity index (χ0) is 12.0. The van der Waals surface area contributed by atoms with Gasteiger partial charge >= 0.3 is 11.9 Å². The third kappa shape index (κ3) is 3.38. The maximum atomic E-state index is 11.5. The minimum Gasteiger partial charge on any atom is -0.481 e. The van der Waals surface area contributed by atoms with E-state index in [9.17, 15) is 9.59 Å². The third-order valence-electron chi connectivity index (χ3n) is 2.33. The van der Waals surface area contributed by atoms with Crippen LogP contribution in [-0.2, 0) is 14.3 Å². The molecule has 0 amide bonds. The number of carbonyl (C=O) groups is 2. The predicted octanol–water partition coefficient (Wildman–Crippen LogP) is 1.81. The van der Waals surface area contributed by atoms with E-state index in [1.165, 1.54) is 7.11 Å². The number of rotatable bonds is 5. The molecule has 0 spiro atoms. The average molecular weight is 222 g/mol. The summed E-state index contributed by atoms with van der Waals surface area (Å²) in [6.45, 7) is 0. The molecule has 0 fully saturated rings. The molecule has 0 aliphatic carbocycles. The minimum absolute atomic E-state index is 0.0470. The van der Waals surface area contributed by atoms with Crippen LogP contribution in [0.25, 0.3) is 0 Å². The Labute approximate surface area is 93.9 Å². The molecule has 0 bridgehead atoms. The maximum absolute atomic E-state index is 11.5.